The minimum Gasteiger partial charge on any atom is -0.461 e. The molecule has 1 heterocycles. The number of hydrogen-bond donors (Lipinski definition) is 1. The highest BCUT2D eigenvalue weighted by molar-refractivity contribution is 5.76. The number of allylic oxidation sites excluding steroid dienone is 1. The van der Waals surface area contributed by atoms with Crippen LogP contribution in [0.3, 0.4) is 0 Å². The van der Waals surface area contributed by atoms with E-state index in [9.17, 15) is 5.11 Å². The minimum absolute atomic E-state index is 0.706. The molecule has 1 unspecified atom stereocenters. The molecule has 1 aromatic rings. The first-order chi connectivity index (χ1) is 6.86. The molecule has 3 rings (SSSR count). The first-order valence-electron chi connectivity index (χ1n) is 5.02. The van der Waals surface area contributed by atoms with Gasteiger partial charge in [-0.3, -0.25) is 0 Å². The molecule has 0 bridgehead atoms. The standard InChI is InChI=1S/C12H12O2/c13-12-10-6-3-5-8(10)9-4-1-2-7-11(9)14-12/h1-2,4,7,12-13H,3,5-6H2. The molecule has 0 spiro atoms. The number of fused-ring (bicyclic) bond motifs is 2. The van der Waals surface area contributed by atoms with Crippen molar-refractivity contribution in [2.75, 3.05) is 0 Å². The van der Waals surface area contributed by atoms with Crippen molar-refractivity contribution in [1.29, 1.82) is 0 Å². The van der Waals surface area contributed by atoms with Gasteiger partial charge >= 0.3 is 0 Å². The van der Waals surface area contributed by atoms with Gasteiger partial charge in [-0.25, -0.2) is 0 Å². The van der Waals surface area contributed by atoms with Crippen molar-refractivity contribution in [2.45, 2.75) is 25.6 Å². The number of aliphatic hydroxyl groups excluding tert-OH is 1. The maximum absolute atomic E-state index is 9.75. The summed E-state index contributed by atoms with van der Waals surface area (Å²) in [7, 11) is 0. The molecule has 0 saturated heterocycles. The van der Waals surface area contributed by atoms with E-state index >= 15 is 0 Å². The van der Waals surface area contributed by atoms with E-state index in [0.717, 1.165) is 30.6 Å². The number of aliphatic hydroxyl groups is 1. The molecule has 2 aliphatic rings. The van der Waals surface area contributed by atoms with Crippen molar-refractivity contribution < 1.29 is 9.84 Å². The fourth-order valence-electron chi connectivity index (χ4n) is 2.36. The lowest BCUT2D eigenvalue weighted by molar-refractivity contribution is 0.0108. The summed E-state index contributed by atoms with van der Waals surface area (Å²) >= 11 is 0. The molecule has 72 valence electrons. The van der Waals surface area contributed by atoms with E-state index in [1.807, 2.05) is 18.2 Å². The first-order valence-corrected chi connectivity index (χ1v) is 5.02. The molecule has 0 aromatic heterocycles. The van der Waals surface area contributed by atoms with Crippen molar-refractivity contribution in [3.05, 3.63) is 35.4 Å². The Morgan fingerprint density at radius 1 is 1.21 bits per heavy atom. The average molecular weight is 188 g/mol. The fourth-order valence-corrected chi connectivity index (χ4v) is 2.36. The van der Waals surface area contributed by atoms with Crippen LogP contribution < -0.4 is 4.74 Å². The second-order valence-corrected chi connectivity index (χ2v) is 3.82. The maximum atomic E-state index is 9.75. The van der Waals surface area contributed by atoms with Crippen LogP contribution in [0.25, 0.3) is 5.57 Å². The number of para-hydroxylation sites is 1. The smallest absolute Gasteiger partial charge is 0.220 e. The van der Waals surface area contributed by atoms with Crippen LogP contribution in [0.5, 0.6) is 5.75 Å². The molecule has 1 aliphatic heterocycles. The van der Waals surface area contributed by atoms with Gasteiger partial charge in [0.1, 0.15) is 5.75 Å². The summed E-state index contributed by atoms with van der Waals surface area (Å²) < 4.78 is 5.44. The zero-order valence-corrected chi connectivity index (χ0v) is 7.86. The van der Waals surface area contributed by atoms with Crippen LogP contribution in [-0.4, -0.2) is 11.4 Å². The summed E-state index contributed by atoms with van der Waals surface area (Å²) in [4.78, 5) is 0. The molecule has 1 aromatic carbocycles. The fraction of sp³-hybridized carbons (Fsp3) is 0.333. The van der Waals surface area contributed by atoms with Crippen LogP contribution in [0.15, 0.2) is 29.8 Å². The Bertz CT molecular complexity index is 407. The lowest BCUT2D eigenvalue weighted by Gasteiger charge is -2.24. The van der Waals surface area contributed by atoms with Crippen molar-refractivity contribution in [2.24, 2.45) is 0 Å². The van der Waals surface area contributed by atoms with Crippen LogP contribution in [0.2, 0.25) is 0 Å². The van der Waals surface area contributed by atoms with Crippen LogP contribution in [0, 0.1) is 0 Å². The van der Waals surface area contributed by atoms with Gasteiger partial charge in [-0.1, -0.05) is 18.2 Å². The van der Waals surface area contributed by atoms with Gasteiger partial charge in [0.15, 0.2) is 0 Å². The molecule has 1 aliphatic carbocycles. The predicted molar refractivity (Wildman–Crippen MR) is 53.8 cm³/mol. The van der Waals surface area contributed by atoms with E-state index in [0.29, 0.717) is 0 Å². The number of ether oxygens (including phenoxy) is 1. The Hall–Kier alpha value is -1.28. The Labute approximate surface area is 82.8 Å². The van der Waals surface area contributed by atoms with Crippen LogP contribution in [0.4, 0.5) is 0 Å². The van der Waals surface area contributed by atoms with E-state index in [2.05, 4.69) is 6.07 Å². The molecule has 0 radical (unpaired) electrons. The third-order valence-corrected chi connectivity index (χ3v) is 3.01. The Kier molecular flexibility index (Phi) is 1.64. The van der Waals surface area contributed by atoms with Gasteiger partial charge in [0.25, 0.3) is 0 Å². The highest BCUT2D eigenvalue weighted by Gasteiger charge is 2.29. The van der Waals surface area contributed by atoms with Crippen LogP contribution in [0.1, 0.15) is 24.8 Å². The second-order valence-electron chi connectivity index (χ2n) is 3.82. The van der Waals surface area contributed by atoms with Gasteiger partial charge in [0, 0.05) is 11.1 Å². The maximum Gasteiger partial charge on any atom is 0.220 e. The van der Waals surface area contributed by atoms with E-state index in [1.165, 1.54) is 11.1 Å². The number of hydrogen-bond acceptors (Lipinski definition) is 2. The lowest BCUT2D eigenvalue weighted by Crippen LogP contribution is -2.22. The lowest BCUT2D eigenvalue weighted by atomic mass is 9.98. The monoisotopic (exact) mass is 188 g/mol. The molecule has 0 fully saturated rings. The highest BCUT2D eigenvalue weighted by atomic mass is 16.6. The van der Waals surface area contributed by atoms with Gasteiger partial charge in [0.2, 0.25) is 6.29 Å². The predicted octanol–water partition coefficient (Wildman–Crippen LogP) is 2.33. The summed E-state index contributed by atoms with van der Waals surface area (Å²) in [6.45, 7) is 0. The molecule has 1 atom stereocenters. The largest absolute Gasteiger partial charge is 0.461 e. The SMILES string of the molecule is OC1Oc2ccccc2C2=C1CCC2. The van der Waals surface area contributed by atoms with Gasteiger partial charge in [-0.2, -0.15) is 0 Å². The average Bonchev–Trinajstić information content (AvgIpc) is 2.67. The minimum atomic E-state index is -0.706. The van der Waals surface area contributed by atoms with E-state index in [1.54, 1.807) is 0 Å². The summed E-state index contributed by atoms with van der Waals surface area (Å²) in [5.74, 6) is 0.820. The summed E-state index contributed by atoms with van der Waals surface area (Å²) in [6.07, 6.45) is 2.49. The summed E-state index contributed by atoms with van der Waals surface area (Å²) in [6, 6.07) is 7.94. The second kappa shape index (κ2) is 2.85. The highest BCUT2D eigenvalue weighted by Crippen LogP contribution is 2.43. The third-order valence-electron chi connectivity index (χ3n) is 3.01. The van der Waals surface area contributed by atoms with Crippen LogP contribution in [-0.2, 0) is 0 Å². The number of benzene rings is 1. The normalized spacial score (nSPS) is 24.2. The summed E-state index contributed by atoms with van der Waals surface area (Å²) in [5, 5.41) is 9.75. The zero-order chi connectivity index (χ0) is 9.54. The summed E-state index contributed by atoms with van der Waals surface area (Å²) in [5.41, 5.74) is 3.56. The molecule has 0 amide bonds. The molecular formula is C12H12O2. The molecule has 0 saturated carbocycles. The van der Waals surface area contributed by atoms with E-state index < -0.39 is 6.29 Å². The molecule has 14 heavy (non-hydrogen) atoms. The van der Waals surface area contributed by atoms with Gasteiger partial charge in [-0.15, -0.1) is 0 Å². The van der Waals surface area contributed by atoms with Crippen molar-refractivity contribution in [3.63, 3.8) is 0 Å². The molecule has 2 nitrogen and oxygen atoms in total. The van der Waals surface area contributed by atoms with Crippen molar-refractivity contribution in [3.8, 4) is 5.75 Å². The number of rotatable bonds is 0. The third kappa shape index (κ3) is 1.01. The quantitative estimate of drug-likeness (QED) is 0.677. The van der Waals surface area contributed by atoms with Gasteiger partial charge in [-0.05, 0) is 30.9 Å². The zero-order valence-electron chi connectivity index (χ0n) is 7.86. The van der Waals surface area contributed by atoms with Crippen molar-refractivity contribution >= 4 is 5.57 Å². The van der Waals surface area contributed by atoms with E-state index in [4.69, 9.17) is 4.74 Å². The Morgan fingerprint density at radius 2 is 2.07 bits per heavy atom. The Morgan fingerprint density at radius 3 is 3.00 bits per heavy atom. The van der Waals surface area contributed by atoms with Gasteiger partial charge in [0.05, 0.1) is 0 Å². The van der Waals surface area contributed by atoms with Crippen LogP contribution >= 0.6 is 0 Å². The topological polar surface area (TPSA) is 29.5 Å². The van der Waals surface area contributed by atoms with E-state index in [-0.39, 0.29) is 0 Å². The molecule has 1 N–H and O–H groups in total. The van der Waals surface area contributed by atoms with Crippen molar-refractivity contribution in [1.82, 2.24) is 0 Å². The molecule has 2 heteroatoms. The molecular weight excluding hydrogens is 176 g/mol. The first kappa shape index (κ1) is 8.06. The Balaban J connectivity index is 2.19. The van der Waals surface area contributed by atoms with Gasteiger partial charge < -0.3 is 9.84 Å².